The number of benzene rings is 1. The van der Waals surface area contributed by atoms with Gasteiger partial charge in [-0.05, 0) is 24.1 Å². The van der Waals surface area contributed by atoms with E-state index in [1.54, 1.807) is 31.4 Å². The number of carbonyl (C=O) groups is 1. The van der Waals surface area contributed by atoms with E-state index in [1.165, 1.54) is 0 Å². The van der Waals surface area contributed by atoms with E-state index in [2.05, 4.69) is 0 Å². The highest BCUT2D eigenvalue weighted by atomic mass is 16.5. The third kappa shape index (κ3) is 4.44. The number of ether oxygens (including phenoxy) is 2. The highest BCUT2D eigenvalue weighted by molar-refractivity contribution is 5.70. The van der Waals surface area contributed by atoms with Gasteiger partial charge in [0.1, 0.15) is 5.75 Å². The van der Waals surface area contributed by atoms with Crippen LogP contribution in [0.1, 0.15) is 31.4 Å². The summed E-state index contributed by atoms with van der Waals surface area (Å²) in [5, 5.41) is 9.81. The monoisotopic (exact) mass is 238 g/mol. The van der Waals surface area contributed by atoms with E-state index in [-0.39, 0.29) is 12.4 Å². The minimum atomic E-state index is -0.828. The van der Waals surface area contributed by atoms with Gasteiger partial charge in [-0.1, -0.05) is 19.1 Å². The van der Waals surface area contributed by atoms with Crippen LogP contribution < -0.4 is 4.74 Å². The van der Waals surface area contributed by atoms with Crippen molar-refractivity contribution in [3.05, 3.63) is 29.8 Å². The maximum absolute atomic E-state index is 11.3. The highest BCUT2D eigenvalue weighted by Gasteiger charge is 2.13. The predicted molar refractivity (Wildman–Crippen MR) is 63.8 cm³/mol. The van der Waals surface area contributed by atoms with Crippen LogP contribution in [0, 0.1) is 0 Å². The van der Waals surface area contributed by atoms with Crippen molar-refractivity contribution in [2.75, 3.05) is 13.7 Å². The van der Waals surface area contributed by atoms with Crippen molar-refractivity contribution < 1.29 is 19.4 Å². The number of aliphatic hydroxyl groups excluding tert-OH is 1. The molecule has 1 aromatic rings. The molecule has 0 saturated carbocycles. The van der Waals surface area contributed by atoms with E-state index in [1.807, 2.05) is 6.92 Å². The van der Waals surface area contributed by atoms with Crippen molar-refractivity contribution in [1.29, 1.82) is 0 Å². The van der Waals surface area contributed by atoms with Crippen molar-refractivity contribution in [3.8, 4) is 5.75 Å². The number of aliphatic hydroxyl groups is 1. The molecule has 0 spiro atoms. The van der Waals surface area contributed by atoms with Crippen LogP contribution in [-0.2, 0) is 9.53 Å². The number of hydrogen-bond donors (Lipinski definition) is 1. The number of methoxy groups -OCH3 is 1. The van der Waals surface area contributed by atoms with Crippen LogP contribution in [-0.4, -0.2) is 24.8 Å². The Morgan fingerprint density at radius 3 is 2.53 bits per heavy atom. The van der Waals surface area contributed by atoms with E-state index >= 15 is 0 Å². The van der Waals surface area contributed by atoms with Gasteiger partial charge >= 0.3 is 5.97 Å². The lowest BCUT2D eigenvalue weighted by atomic mass is 10.1. The average molecular weight is 238 g/mol. The fourth-order valence-corrected chi connectivity index (χ4v) is 1.38. The first-order valence-electron chi connectivity index (χ1n) is 5.65. The van der Waals surface area contributed by atoms with Gasteiger partial charge in [-0.2, -0.15) is 0 Å². The second kappa shape index (κ2) is 6.91. The molecule has 1 rings (SSSR count). The van der Waals surface area contributed by atoms with Gasteiger partial charge in [0.15, 0.2) is 0 Å². The van der Waals surface area contributed by atoms with Crippen LogP contribution in [0.4, 0.5) is 0 Å². The molecule has 0 aliphatic rings. The van der Waals surface area contributed by atoms with Gasteiger partial charge in [0.05, 0.1) is 26.2 Å². The molecule has 0 aliphatic carbocycles. The van der Waals surface area contributed by atoms with E-state index in [4.69, 9.17) is 9.47 Å². The second-order valence-electron chi connectivity index (χ2n) is 3.71. The molecule has 0 aliphatic heterocycles. The summed E-state index contributed by atoms with van der Waals surface area (Å²) in [5.41, 5.74) is 0.680. The zero-order valence-electron chi connectivity index (χ0n) is 10.2. The van der Waals surface area contributed by atoms with Crippen LogP contribution in [0.5, 0.6) is 5.75 Å². The zero-order chi connectivity index (χ0) is 12.7. The highest BCUT2D eigenvalue weighted by Crippen LogP contribution is 2.20. The van der Waals surface area contributed by atoms with Gasteiger partial charge in [0, 0.05) is 0 Å². The molecular weight excluding hydrogens is 220 g/mol. The third-order valence-electron chi connectivity index (χ3n) is 2.33. The molecule has 4 nitrogen and oxygen atoms in total. The van der Waals surface area contributed by atoms with Gasteiger partial charge in [-0.3, -0.25) is 4.79 Å². The van der Waals surface area contributed by atoms with Gasteiger partial charge in [-0.25, -0.2) is 0 Å². The molecule has 17 heavy (non-hydrogen) atoms. The SMILES string of the molecule is CCCOC(=O)CC(O)c1ccc(OC)cc1. The summed E-state index contributed by atoms with van der Waals surface area (Å²) in [6.07, 6.45) is -0.0678. The molecule has 1 atom stereocenters. The summed E-state index contributed by atoms with van der Waals surface area (Å²) in [6.45, 7) is 2.32. The molecule has 1 N–H and O–H groups in total. The Morgan fingerprint density at radius 1 is 1.35 bits per heavy atom. The normalized spacial score (nSPS) is 11.9. The standard InChI is InChI=1S/C13H18O4/c1-3-8-17-13(15)9-12(14)10-4-6-11(16-2)7-5-10/h4-7,12,14H,3,8-9H2,1-2H3. The first-order chi connectivity index (χ1) is 8.17. The Kier molecular flexibility index (Phi) is 5.49. The third-order valence-corrected chi connectivity index (χ3v) is 2.33. The lowest BCUT2D eigenvalue weighted by Crippen LogP contribution is -2.10. The summed E-state index contributed by atoms with van der Waals surface area (Å²) in [5.74, 6) is 0.338. The maximum atomic E-state index is 11.3. The summed E-state index contributed by atoms with van der Waals surface area (Å²) in [4.78, 5) is 11.3. The average Bonchev–Trinajstić information content (AvgIpc) is 2.36. The maximum Gasteiger partial charge on any atom is 0.308 e. The van der Waals surface area contributed by atoms with Gasteiger partial charge in [0.2, 0.25) is 0 Å². The summed E-state index contributed by atoms with van der Waals surface area (Å²) in [7, 11) is 1.58. The molecule has 0 saturated heterocycles. The van der Waals surface area contributed by atoms with Crippen molar-refractivity contribution in [3.63, 3.8) is 0 Å². The van der Waals surface area contributed by atoms with Crippen LogP contribution in [0.2, 0.25) is 0 Å². The molecular formula is C13H18O4. The lowest BCUT2D eigenvalue weighted by Gasteiger charge is -2.11. The van der Waals surface area contributed by atoms with Crippen molar-refractivity contribution in [2.24, 2.45) is 0 Å². The summed E-state index contributed by atoms with van der Waals surface area (Å²) in [6, 6.07) is 6.96. The molecule has 0 amide bonds. The number of carbonyl (C=O) groups excluding carboxylic acids is 1. The minimum absolute atomic E-state index is 0.0215. The van der Waals surface area contributed by atoms with Crippen molar-refractivity contribution >= 4 is 5.97 Å². The predicted octanol–water partition coefficient (Wildman–Crippen LogP) is 2.07. The lowest BCUT2D eigenvalue weighted by molar-refractivity contribution is -0.146. The van der Waals surface area contributed by atoms with Crippen LogP contribution >= 0.6 is 0 Å². The smallest absolute Gasteiger partial charge is 0.308 e. The Morgan fingerprint density at radius 2 is 2.00 bits per heavy atom. The summed E-state index contributed by atoms with van der Waals surface area (Å²) < 4.78 is 9.91. The Labute approximate surface area is 101 Å². The molecule has 4 heteroatoms. The first-order valence-corrected chi connectivity index (χ1v) is 5.65. The molecule has 0 heterocycles. The minimum Gasteiger partial charge on any atom is -0.497 e. The topological polar surface area (TPSA) is 55.8 Å². The van der Waals surface area contributed by atoms with Crippen molar-refractivity contribution in [1.82, 2.24) is 0 Å². The summed E-state index contributed by atoms with van der Waals surface area (Å²) >= 11 is 0. The van der Waals surface area contributed by atoms with Crippen LogP contribution in [0.3, 0.4) is 0 Å². The first kappa shape index (κ1) is 13.5. The molecule has 1 unspecified atom stereocenters. The fraction of sp³-hybridized carbons (Fsp3) is 0.462. The van der Waals surface area contributed by atoms with E-state index in [0.29, 0.717) is 12.2 Å². The second-order valence-corrected chi connectivity index (χ2v) is 3.71. The molecule has 0 aromatic heterocycles. The molecule has 0 radical (unpaired) electrons. The van der Waals surface area contributed by atoms with Crippen LogP contribution in [0.15, 0.2) is 24.3 Å². The van der Waals surface area contributed by atoms with E-state index in [0.717, 1.165) is 12.2 Å². The number of hydrogen-bond acceptors (Lipinski definition) is 4. The molecule has 0 bridgehead atoms. The molecule has 1 aromatic carbocycles. The van der Waals surface area contributed by atoms with Crippen molar-refractivity contribution in [2.45, 2.75) is 25.9 Å². The van der Waals surface area contributed by atoms with E-state index in [9.17, 15) is 9.90 Å². The number of rotatable bonds is 6. The van der Waals surface area contributed by atoms with Gasteiger partial charge < -0.3 is 14.6 Å². The Hall–Kier alpha value is -1.55. The quantitative estimate of drug-likeness (QED) is 0.771. The van der Waals surface area contributed by atoms with Gasteiger partial charge in [0.25, 0.3) is 0 Å². The van der Waals surface area contributed by atoms with Crippen LogP contribution in [0.25, 0.3) is 0 Å². The Bertz CT molecular complexity index is 345. The van der Waals surface area contributed by atoms with Gasteiger partial charge in [-0.15, -0.1) is 0 Å². The molecule has 94 valence electrons. The largest absolute Gasteiger partial charge is 0.497 e. The van der Waals surface area contributed by atoms with E-state index < -0.39 is 6.10 Å². The number of esters is 1. The molecule has 0 fully saturated rings. The zero-order valence-corrected chi connectivity index (χ0v) is 10.2. The fourth-order valence-electron chi connectivity index (χ4n) is 1.38. The Balaban J connectivity index is 2.51.